The van der Waals surface area contributed by atoms with Gasteiger partial charge in [0, 0.05) is 5.69 Å². The summed E-state index contributed by atoms with van der Waals surface area (Å²) >= 11 is 9.10. The molecule has 0 aliphatic carbocycles. The smallest absolute Gasteiger partial charge is 0.137 e. The summed E-state index contributed by atoms with van der Waals surface area (Å²) < 4.78 is 13.7. The quantitative estimate of drug-likeness (QED) is 0.771. The van der Waals surface area contributed by atoms with Crippen molar-refractivity contribution >= 4 is 44.6 Å². The van der Waals surface area contributed by atoms with Crippen LogP contribution in [0.3, 0.4) is 0 Å². The van der Waals surface area contributed by atoms with Gasteiger partial charge in [-0.2, -0.15) is 0 Å². The van der Waals surface area contributed by atoms with Crippen LogP contribution in [0.1, 0.15) is 5.56 Å². The van der Waals surface area contributed by atoms with E-state index in [-0.39, 0.29) is 5.82 Å². The average molecular weight is 330 g/mol. The first kappa shape index (κ1) is 13.2. The van der Waals surface area contributed by atoms with Crippen LogP contribution in [0.5, 0.6) is 0 Å². The second-order valence-corrected chi connectivity index (χ2v) is 5.17. The van der Waals surface area contributed by atoms with Crippen molar-refractivity contribution < 1.29 is 4.39 Å². The summed E-state index contributed by atoms with van der Waals surface area (Å²) in [6.07, 6.45) is 0. The third-order valence-corrected chi connectivity index (χ3v) is 3.53. The summed E-state index contributed by atoms with van der Waals surface area (Å²) in [7, 11) is 0. The number of hydrogen-bond acceptors (Lipinski definition) is 2. The van der Waals surface area contributed by atoms with Crippen LogP contribution in [0.25, 0.3) is 0 Å². The molecule has 0 bridgehead atoms. The topological polar surface area (TPSA) is 38.0 Å². The number of halogens is 3. The lowest BCUT2D eigenvalue weighted by atomic mass is 10.2. The summed E-state index contributed by atoms with van der Waals surface area (Å²) in [5, 5.41) is 3.63. The van der Waals surface area contributed by atoms with Gasteiger partial charge >= 0.3 is 0 Å². The lowest BCUT2D eigenvalue weighted by molar-refractivity contribution is 0.620. The second kappa shape index (κ2) is 5.16. The molecule has 0 aromatic heterocycles. The minimum Gasteiger partial charge on any atom is -0.396 e. The summed E-state index contributed by atoms with van der Waals surface area (Å²) in [5.74, 6) is -0.294. The van der Waals surface area contributed by atoms with Gasteiger partial charge in [0.1, 0.15) is 5.82 Å². The molecule has 2 aromatic carbocycles. The van der Waals surface area contributed by atoms with Crippen molar-refractivity contribution in [2.75, 3.05) is 11.1 Å². The molecule has 0 fully saturated rings. The van der Waals surface area contributed by atoms with Crippen molar-refractivity contribution in [1.29, 1.82) is 0 Å². The lowest BCUT2D eigenvalue weighted by Crippen LogP contribution is -1.99. The predicted octanol–water partition coefficient (Wildman–Crippen LogP) is 4.88. The number of nitrogens with one attached hydrogen (secondary N) is 1. The minimum atomic E-state index is -0.294. The number of para-hydroxylation sites is 1. The van der Waals surface area contributed by atoms with Crippen LogP contribution in [0.2, 0.25) is 5.02 Å². The van der Waals surface area contributed by atoms with Crippen molar-refractivity contribution in [3.8, 4) is 0 Å². The molecule has 0 atom stereocenters. The van der Waals surface area contributed by atoms with Gasteiger partial charge in [0.2, 0.25) is 0 Å². The third kappa shape index (κ3) is 2.60. The molecular formula is C13H11BrClFN2. The molecule has 0 aliphatic heterocycles. The van der Waals surface area contributed by atoms with Crippen LogP contribution < -0.4 is 11.1 Å². The largest absolute Gasteiger partial charge is 0.396 e. The molecule has 2 nitrogen and oxygen atoms in total. The van der Waals surface area contributed by atoms with Gasteiger partial charge in [-0.15, -0.1) is 0 Å². The van der Waals surface area contributed by atoms with Gasteiger partial charge in [-0.25, -0.2) is 4.39 Å². The third-order valence-electron chi connectivity index (χ3n) is 2.59. The van der Waals surface area contributed by atoms with Crippen molar-refractivity contribution in [3.63, 3.8) is 0 Å². The van der Waals surface area contributed by atoms with E-state index in [0.717, 1.165) is 11.3 Å². The fourth-order valence-electron chi connectivity index (χ4n) is 1.57. The maximum Gasteiger partial charge on any atom is 0.137 e. The molecule has 0 spiro atoms. The van der Waals surface area contributed by atoms with E-state index in [2.05, 4.69) is 21.2 Å². The van der Waals surface area contributed by atoms with Crippen LogP contribution >= 0.6 is 27.5 Å². The van der Waals surface area contributed by atoms with E-state index >= 15 is 0 Å². The second-order valence-electron chi connectivity index (χ2n) is 3.91. The SMILES string of the molecule is Cc1cc(F)c(Br)cc1Nc1cccc(Cl)c1N. The zero-order valence-electron chi connectivity index (χ0n) is 9.60. The van der Waals surface area contributed by atoms with E-state index in [4.69, 9.17) is 17.3 Å². The molecule has 0 radical (unpaired) electrons. The van der Waals surface area contributed by atoms with Crippen LogP contribution in [0, 0.1) is 12.7 Å². The predicted molar refractivity (Wildman–Crippen MR) is 78.0 cm³/mol. The molecule has 2 rings (SSSR count). The van der Waals surface area contributed by atoms with Gasteiger partial charge in [-0.1, -0.05) is 17.7 Å². The first-order chi connectivity index (χ1) is 8.49. The van der Waals surface area contributed by atoms with Crippen molar-refractivity contribution in [2.45, 2.75) is 6.92 Å². The molecule has 5 heteroatoms. The van der Waals surface area contributed by atoms with Crippen LogP contribution in [-0.2, 0) is 0 Å². The molecule has 0 saturated heterocycles. The Balaban J connectivity index is 2.40. The van der Waals surface area contributed by atoms with E-state index in [9.17, 15) is 4.39 Å². The highest BCUT2D eigenvalue weighted by Gasteiger charge is 2.08. The van der Waals surface area contributed by atoms with E-state index in [1.807, 2.05) is 13.0 Å². The van der Waals surface area contributed by atoms with Gasteiger partial charge in [0.25, 0.3) is 0 Å². The molecule has 3 N–H and O–H groups in total. The number of hydrogen-bond donors (Lipinski definition) is 2. The molecular weight excluding hydrogens is 319 g/mol. The Hall–Kier alpha value is -1.26. The zero-order valence-corrected chi connectivity index (χ0v) is 11.9. The molecule has 18 heavy (non-hydrogen) atoms. The first-order valence-electron chi connectivity index (χ1n) is 5.25. The Bertz CT molecular complexity index is 602. The van der Waals surface area contributed by atoms with Gasteiger partial charge in [-0.3, -0.25) is 0 Å². The molecule has 94 valence electrons. The first-order valence-corrected chi connectivity index (χ1v) is 6.43. The number of nitrogen functional groups attached to an aromatic ring is 1. The van der Waals surface area contributed by atoms with Crippen molar-refractivity contribution in [3.05, 3.63) is 51.2 Å². The Morgan fingerprint density at radius 3 is 2.72 bits per heavy atom. The molecule has 0 aliphatic rings. The maximum atomic E-state index is 13.3. The number of benzene rings is 2. The van der Waals surface area contributed by atoms with Gasteiger partial charge < -0.3 is 11.1 Å². The highest BCUT2D eigenvalue weighted by Crippen LogP contribution is 2.32. The Kier molecular flexibility index (Phi) is 3.78. The molecule has 0 amide bonds. The Labute approximate surface area is 118 Å². The minimum absolute atomic E-state index is 0.294. The van der Waals surface area contributed by atoms with Crippen LogP contribution in [-0.4, -0.2) is 0 Å². The van der Waals surface area contributed by atoms with E-state index in [1.165, 1.54) is 6.07 Å². The number of anilines is 3. The summed E-state index contributed by atoms with van der Waals surface area (Å²) in [6, 6.07) is 8.46. The fraction of sp³-hybridized carbons (Fsp3) is 0.0769. The monoisotopic (exact) mass is 328 g/mol. The highest BCUT2D eigenvalue weighted by molar-refractivity contribution is 9.10. The standard InChI is InChI=1S/C13H11BrClFN2/c1-7-5-10(16)8(14)6-12(7)18-11-4-2-3-9(15)13(11)17/h2-6,18H,17H2,1H3. The van der Waals surface area contributed by atoms with Gasteiger partial charge in [0.05, 0.1) is 20.9 Å². The van der Waals surface area contributed by atoms with E-state index in [0.29, 0.717) is 20.9 Å². The van der Waals surface area contributed by atoms with E-state index in [1.54, 1.807) is 18.2 Å². The van der Waals surface area contributed by atoms with Crippen molar-refractivity contribution in [2.24, 2.45) is 0 Å². The molecule has 0 saturated carbocycles. The molecule has 2 aromatic rings. The number of aryl methyl sites for hydroxylation is 1. The van der Waals surface area contributed by atoms with Crippen molar-refractivity contribution in [1.82, 2.24) is 0 Å². The summed E-state index contributed by atoms with van der Waals surface area (Å²) in [6.45, 7) is 1.82. The molecule has 0 unspecified atom stereocenters. The van der Waals surface area contributed by atoms with Crippen LogP contribution in [0.4, 0.5) is 21.5 Å². The van der Waals surface area contributed by atoms with Gasteiger partial charge in [0.15, 0.2) is 0 Å². The molecule has 0 heterocycles. The summed E-state index contributed by atoms with van der Waals surface area (Å²) in [5.41, 5.74) is 8.60. The summed E-state index contributed by atoms with van der Waals surface area (Å²) in [4.78, 5) is 0. The van der Waals surface area contributed by atoms with Gasteiger partial charge in [-0.05, 0) is 52.7 Å². The Morgan fingerprint density at radius 2 is 2.00 bits per heavy atom. The Morgan fingerprint density at radius 1 is 1.28 bits per heavy atom. The van der Waals surface area contributed by atoms with Crippen LogP contribution in [0.15, 0.2) is 34.8 Å². The zero-order chi connectivity index (χ0) is 13.3. The fourth-order valence-corrected chi connectivity index (χ4v) is 2.09. The average Bonchev–Trinajstić information content (AvgIpc) is 2.32. The maximum absolute atomic E-state index is 13.3. The van der Waals surface area contributed by atoms with E-state index < -0.39 is 0 Å². The highest BCUT2D eigenvalue weighted by atomic mass is 79.9. The normalized spacial score (nSPS) is 10.4. The lowest BCUT2D eigenvalue weighted by Gasteiger charge is -2.13. The number of nitrogens with two attached hydrogens (primary N) is 1. The number of rotatable bonds is 2.